The van der Waals surface area contributed by atoms with E-state index in [4.69, 9.17) is 20.9 Å². The van der Waals surface area contributed by atoms with Crippen LogP contribution in [0.3, 0.4) is 0 Å². The normalized spacial score (nSPS) is 18.9. The summed E-state index contributed by atoms with van der Waals surface area (Å²) in [6, 6.07) is 25.1. The molecule has 2 fully saturated rings. The predicted molar refractivity (Wildman–Crippen MR) is 224 cm³/mol. The van der Waals surface area contributed by atoms with Gasteiger partial charge in [0.25, 0.3) is 0 Å². The highest BCUT2D eigenvalue weighted by Crippen LogP contribution is 2.52. The molecule has 0 aromatic heterocycles. The van der Waals surface area contributed by atoms with Gasteiger partial charge in [-0.3, -0.25) is 0 Å². The molecule has 0 bridgehead atoms. The van der Waals surface area contributed by atoms with Crippen LogP contribution in [-0.2, 0) is 5.41 Å². The summed E-state index contributed by atoms with van der Waals surface area (Å²) >= 11 is 0. The maximum absolute atomic E-state index is 6.47. The zero-order chi connectivity index (χ0) is 37.4. The second-order valence-corrected chi connectivity index (χ2v) is 16.8. The van der Waals surface area contributed by atoms with E-state index < -0.39 is 0 Å². The zero-order valence-electron chi connectivity index (χ0n) is 33.4. The summed E-state index contributed by atoms with van der Waals surface area (Å²) < 4.78 is 12.9. The van der Waals surface area contributed by atoms with Crippen LogP contribution in [0.2, 0.25) is 0 Å². The van der Waals surface area contributed by atoms with Gasteiger partial charge in [0, 0.05) is 28.9 Å². The van der Waals surface area contributed by atoms with E-state index in [0.717, 1.165) is 53.6 Å². The van der Waals surface area contributed by atoms with Crippen LogP contribution in [0.4, 0.5) is 11.4 Å². The number of rotatable bonds is 15. The molecule has 0 amide bonds. The first-order chi connectivity index (χ1) is 25.6. The predicted octanol–water partition coefficient (Wildman–Crippen LogP) is 14.1. The summed E-state index contributed by atoms with van der Waals surface area (Å²) in [6.07, 6.45) is 22.0. The molecule has 2 saturated carbocycles. The van der Waals surface area contributed by atoms with Gasteiger partial charge in [0.2, 0.25) is 0 Å². The van der Waals surface area contributed by atoms with Gasteiger partial charge in [0.1, 0.15) is 23.0 Å². The Morgan fingerprint density at radius 1 is 0.547 bits per heavy atom. The summed E-state index contributed by atoms with van der Waals surface area (Å²) in [5.41, 5.74) is 21.0. The topological polar surface area (TPSA) is 70.5 Å². The fourth-order valence-corrected chi connectivity index (χ4v) is 9.85. The van der Waals surface area contributed by atoms with E-state index in [1.807, 2.05) is 48.5 Å². The Morgan fingerprint density at radius 3 is 1.43 bits per heavy atom. The summed E-state index contributed by atoms with van der Waals surface area (Å²) in [5, 5.41) is 0. The molecule has 6 rings (SSSR count). The van der Waals surface area contributed by atoms with E-state index in [2.05, 4.69) is 58.9 Å². The van der Waals surface area contributed by atoms with Crippen molar-refractivity contribution in [1.29, 1.82) is 0 Å². The third-order valence-electron chi connectivity index (χ3n) is 12.8. The average molecular weight is 715 g/mol. The Kier molecular flexibility index (Phi) is 13.1. The lowest BCUT2D eigenvalue weighted by atomic mass is 9.59. The minimum Gasteiger partial charge on any atom is -0.457 e. The van der Waals surface area contributed by atoms with Crippen LogP contribution in [-0.4, -0.2) is 0 Å². The Morgan fingerprint density at radius 2 is 0.981 bits per heavy atom. The number of hydrogen-bond acceptors (Lipinski definition) is 4. The molecule has 2 aliphatic rings. The lowest BCUT2D eigenvalue weighted by Gasteiger charge is -2.45. The Balaban J connectivity index is 1.21. The van der Waals surface area contributed by atoms with Crippen molar-refractivity contribution in [2.45, 2.75) is 143 Å². The van der Waals surface area contributed by atoms with Crippen LogP contribution in [0, 0.1) is 45.4 Å². The molecule has 0 spiro atoms. The number of ether oxygens (including phenoxy) is 2. The van der Waals surface area contributed by atoms with Crippen molar-refractivity contribution in [3.8, 4) is 23.0 Å². The maximum atomic E-state index is 6.47. The van der Waals surface area contributed by atoms with Crippen LogP contribution >= 0.6 is 0 Å². The molecular weight excluding hydrogens is 649 g/mol. The SMILES string of the molecule is CCCCCCCCC[C@H]1CC[C@@H](C2CCC(c3cc(C)c(Oc4cccc(N)c4)c(C)c3)(c3cc(C)c(Oc4cccc(N)c4)c(C)c3)CC2)CC1. The van der Waals surface area contributed by atoms with Gasteiger partial charge in [-0.1, -0.05) is 108 Å². The molecule has 4 N–H and O–H groups in total. The average Bonchev–Trinajstić information content (AvgIpc) is 3.14. The van der Waals surface area contributed by atoms with Gasteiger partial charge < -0.3 is 20.9 Å². The molecule has 0 saturated heterocycles. The molecule has 0 unspecified atom stereocenters. The van der Waals surface area contributed by atoms with Crippen LogP contribution < -0.4 is 20.9 Å². The quantitative estimate of drug-likeness (QED) is 0.0950. The second kappa shape index (κ2) is 17.9. The smallest absolute Gasteiger partial charge is 0.133 e. The molecule has 4 heteroatoms. The lowest BCUT2D eigenvalue weighted by molar-refractivity contribution is 0.140. The molecule has 0 aliphatic heterocycles. The molecule has 0 radical (unpaired) electrons. The van der Waals surface area contributed by atoms with Gasteiger partial charge in [0.05, 0.1) is 0 Å². The first kappa shape index (κ1) is 38.8. The highest BCUT2D eigenvalue weighted by atomic mass is 16.5. The van der Waals surface area contributed by atoms with Crippen LogP contribution in [0.25, 0.3) is 0 Å². The van der Waals surface area contributed by atoms with Crippen LogP contribution in [0.15, 0.2) is 72.8 Å². The summed E-state index contributed by atoms with van der Waals surface area (Å²) in [6.45, 7) is 11.1. The van der Waals surface area contributed by atoms with Gasteiger partial charge in [0.15, 0.2) is 0 Å². The first-order valence-electron chi connectivity index (χ1n) is 21.0. The summed E-state index contributed by atoms with van der Waals surface area (Å²) in [5.74, 6) is 6.07. The Bertz CT molecular complexity index is 1640. The van der Waals surface area contributed by atoms with Gasteiger partial charge in [-0.15, -0.1) is 0 Å². The minimum atomic E-state index is -0.0682. The van der Waals surface area contributed by atoms with Gasteiger partial charge >= 0.3 is 0 Å². The Labute approximate surface area is 321 Å². The molecule has 2 aliphatic carbocycles. The van der Waals surface area contributed by atoms with Crippen LogP contribution in [0.1, 0.15) is 143 Å². The molecule has 284 valence electrons. The van der Waals surface area contributed by atoms with Crippen molar-refractivity contribution >= 4 is 11.4 Å². The molecular formula is C49H66N2O2. The molecule has 0 atom stereocenters. The van der Waals surface area contributed by atoms with Gasteiger partial charge in [-0.2, -0.15) is 0 Å². The van der Waals surface area contributed by atoms with Crippen molar-refractivity contribution in [3.63, 3.8) is 0 Å². The lowest BCUT2D eigenvalue weighted by Crippen LogP contribution is -2.36. The fourth-order valence-electron chi connectivity index (χ4n) is 9.85. The second-order valence-electron chi connectivity index (χ2n) is 16.8. The summed E-state index contributed by atoms with van der Waals surface area (Å²) in [7, 11) is 0. The number of hydrogen-bond donors (Lipinski definition) is 2. The monoisotopic (exact) mass is 715 g/mol. The molecule has 0 heterocycles. The number of unbranched alkanes of at least 4 members (excludes halogenated alkanes) is 6. The first-order valence-corrected chi connectivity index (χ1v) is 21.0. The van der Waals surface area contributed by atoms with E-state index in [9.17, 15) is 0 Å². The van der Waals surface area contributed by atoms with Gasteiger partial charge in [-0.05, 0) is 142 Å². The van der Waals surface area contributed by atoms with Crippen molar-refractivity contribution in [1.82, 2.24) is 0 Å². The third kappa shape index (κ3) is 9.61. The van der Waals surface area contributed by atoms with E-state index in [0.29, 0.717) is 11.4 Å². The highest BCUT2D eigenvalue weighted by Gasteiger charge is 2.42. The van der Waals surface area contributed by atoms with E-state index >= 15 is 0 Å². The van der Waals surface area contributed by atoms with E-state index in [1.54, 1.807) is 0 Å². The fraction of sp³-hybridized carbons (Fsp3) is 0.510. The van der Waals surface area contributed by atoms with Crippen molar-refractivity contribution in [2.24, 2.45) is 17.8 Å². The number of nitrogen functional groups attached to an aromatic ring is 2. The largest absolute Gasteiger partial charge is 0.457 e. The molecule has 4 nitrogen and oxygen atoms in total. The number of benzene rings is 4. The number of anilines is 2. The highest BCUT2D eigenvalue weighted by molar-refractivity contribution is 5.55. The Hall–Kier alpha value is -3.92. The molecule has 4 aromatic rings. The maximum Gasteiger partial charge on any atom is 0.133 e. The van der Waals surface area contributed by atoms with E-state index in [1.165, 1.54) is 123 Å². The molecule has 4 aromatic carbocycles. The number of nitrogens with two attached hydrogens (primary N) is 2. The standard InChI is InChI=1S/C49H66N2O2/c1-6-7-8-9-10-11-12-15-38-20-22-39(23-21-38)40-24-26-49(27-25-40,41-28-34(2)47(35(3)29-41)52-45-18-13-16-43(50)32-45)42-30-36(4)48(37(5)31-42)53-46-19-14-17-44(51)33-46/h13-14,16-19,28-33,38-40H,6-12,15,20-27,50-51H2,1-5H3/t38-,39+. The molecule has 53 heavy (non-hydrogen) atoms. The van der Waals surface area contributed by atoms with Crippen molar-refractivity contribution in [2.75, 3.05) is 11.5 Å². The van der Waals surface area contributed by atoms with Crippen molar-refractivity contribution in [3.05, 3.63) is 106 Å². The van der Waals surface area contributed by atoms with E-state index in [-0.39, 0.29) is 5.41 Å². The third-order valence-corrected chi connectivity index (χ3v) is 12.8. The minimum absolute atomic E-state index is 0.0682. The van der Waals surface area contributed by atoms with Crippen LogP contribution in [0.5, 0.6) is 23.0 Å². The zero-order valence-corrected chi connectivity index (χ0v) is 33.4. The summed E-state index contributed by atoms with van der Waals surface area (Å²) in [4.78, 5) is 0. The number of aryl methyl sites for hydroxylation is 4. The van der Waals surface area contributed by atoms with Gasteiger partial charge in [-0.25, -0.2) is 0 Å². The van der Waals surface area contributed by atoms with Crippen molar-refractivity contribution < 1.29 is 9.47 Å².